The second-order valence-corrected chi connectivity index (χ2v) is 8.16. The number of fused-ring (bicyclic) bond motifs is 1. The number of carbonyl (C=O) groups is 1. The SMILES string of the molecule is Cc1ccc2c(c1)OC[C@@H](CC(=O)NC1CCCCC1)N2Cc1ccccc1. The number of nitrogens with zero attached hydrogens (tertiary/aromatic N) is 1. The monoisotopic (exact) mass is 378 g/mol. The lowest BCUT2D eigenvalue weighted by Crippen LogP contribution is -2.47. The van der Waals surface area contributed by atoms with E-state index < -0.39 is 0 Å². The molecule has 0 radical (unpaired) electrons. The van der Waals surface area contributed by atoms with Crippen LogP contribution in [0.5, 0.6) is 5.75 Å². The van der Waals surface area contributed by atoms with E-state index >= 15 is 0 Å². The molecule has 28 heavy (non-hydrogen) atoms. The van der Waals surface area contributed by atoms with Gasteiger partial charge in [0.2, 0.25) is 5.91 Å². The minimum absolute atomic E-state index is 0.0407. The van der Waals surface area contributed by atoms with Crippen LogP contribution in [-0.2, 0) is 11.3 Å². The number of hydrogen-bond acceptors (Lipinski definition) is 3. The number of hydrogen-bond donors (Lipinski definition) is 1. The van der Waals surface area contributed by atoms with Crippen LogP contribution in [0.15, 0.2) is 48.5 Å². The van der Waals surface area contributed by atoms with E-state index in [2.05, 4.69) is 59.6 Å². The van der Waals surface area contributed by atoms with Crippen molar-refractivity contribution in [2.24, 2.45) is 0 Å². The molecule has 1 N–H and O–H groups in total. The summed E-state index contributed by atoms with van der Waals surface area (Å²) in [5.74, 6) is 1.06. The van der Waals surface area contributed by atoms with Gasteiger partial charge in [-0.25, -0.2) is 0 Å². The molecule has 2 aromatic carbocycles. The highest BCUT2D eigenvalue weighted by Crippen LogP contribution is 2.36. The van der Waals surface area contributed by atoms with Crippen LogP contribution in [0.4, 0.5) is 5.69 Å². The predicted molar refractivity (Wildman–Crippen MR) is 113 cm³/mol. The van der Waals surface area contributed by atoms with Crippen molar-refractivity contribution < 1.29 is 9.53 Å². The van der Waals surface area contributed by atoms with E-state index in [0.717, 1.165) is 30.8 Å². The van der Waals surface area contributed by atoms with Gasteiger partial charge < -0.3 is 15.0 Å². The maximum atomic E-state index is 12.8. The van der Waals surface area contributed by atoms with Crippen molar-refractivity contribution in [3.63, 3.8) is 0 Å². The van der Waals surface area contributed by atoms with Crippen LogP contribution < -0.4 is 15.0 Å². The number of nitrogens with one attached hydrogen (secondary N) is 1. The van der Waals surface area contributed by atoms with E-state index in [0.29, 0.717) is 19.1 Å². The number of carbonyl (C=O) groups excluding carboxylic acids is 1. The summed E-state index contributed by atoms with van der Waals surface area (Å²) in [5, 5.41) is 3.26. The maximum absolute atomic E-state index is 12.8. The lowest BCUT2D eigenvalue weighted by Gasteiger charge is -2.39. The molecule has 1 amide bonds. The quantitative estimate of drug-likeness (QED) is 0.827. The molecule has 4 nitrogen and oxygen atoms in total. The summed E-state index contributed by atoms with van der Waals surface area (Å²) >= 11 is 0. The van der Waals surface area contributed by atoms with Crippen LogP contribution in [0.25, 0.3) is 0 Å². The normalized spacial score (nSPS) is 19.6. The highest BCUT2D eigenvalue weighted by Gasteiger charge is 2.30. The molecule has 1 atom stereocenters. The highest BCUT2D eigenvalue weighted by molar-refractivity contribution is 5.78. The largest absolute Gasteiger partial charge is 0.489 e. The molecule has 1 heterocycles. The number of ether oxygens (including phenoxy) is 1. The smallest absolute Gasteiger partial charge is 0.222 e. The van der Waals surface area contributed by atoms with Gasteiger partial charge in [0.1, 0.15) is 12.4 Å². The van der Waals surface area contributed by atoms with Crippen LogP contribution in [0.2, 0.25) is 0 Å². The van der Waals surface area contributed by atoms with Gasteiger partial charge in [-0.3, -0.25) is 4.79 Å². The first-order valence-electron chi connectivity index (χ1n) is 10.5. The Hall–Kier alpha value is -2.49. The van der Waals surface area contributed by atoms with Gasteiger partial charge in [0, 0.05) is 12.6 Å². The third kappa shape index (κ3) is 4.49. The van der Waals surface area contributed by atoms with E-state index in [1.54, 1.807) is 0 Å². The Bertz CT molecular complexity index is 800. The first-order valence-corrected chi connectivity index (χ1v) is 10.5. The van der Waals surface area contributed by atoms with Gasteiger partial charge in [0.25, 0.3) is 0 Å². The summed E-state index contributed by atoms with van der Waals surface area (Å²) < 4.78 is 6.05. The zero-order valence-corrected chi connectivity index (χ0v) is 16.7. The third-order valence-electron chi connectivity index (χ3n) is 5.88. The van der Waals surface area contributed by atoms with E-state index in [9.17, 15) is 4.79 Å². The van der Waals surface area contributed by atoms with E-state index in [-0.39, 0.29) is 11.9 Å². The molecule has 1 aliphatic heterocycles. The molecule has 0 unspecified atom stereocenters. The fraction of sp³-hybridized carbons (Fsp3) is 0.458. The summed E-state index contributed by atoms with van der Waals surface area (Å²) in [6.07, 6.45) is 6.45. The molecule has 0 bridgehead atoms. The first-order chi connectivity index (χ1) is 13.7. The van der Waals surface area contributed by atoms with Gasteiger partial charge >= 0.3 is 0 Å². The summed E-state index contributed by atoms with van der Waals surface area (Å²) in [6, 6.07) is 17.2. The van der Waals surface area contributed by atoms with Crippen molar-refractivity contribution >= 4 is 11.6 Å². The number of anilines is 1. The zero-order valence-electron chi connectivity index (χ0n) is 16.7. The van der Waals surface area contributed by atoms with E-state index in [1.807, 2.05) is 6.07 Å². The van der Waals surface area contributed by atoms with Crippen LogP contribution in [0.3, 0.4) is 0 Å². The standard InChI is InChI=1S/C24H30N2O2/c1-18-12-13-22-23(14-18)28-17-21(26(22)16-19-8-4-2-5-9-19)15-24(27)25-20-10-6-3-7-11-20/h2,4-5,8-9,12-14,20-21H,3,6-7,10-11,15-17H2,1H3,(H,25,27)/t21-/m1/s1. The Morgan fingerprint density at radius 3 is 2.68 bits per heavy atom. The third-order valence-corrected chi connectivity index (χ3v) is 5.88. The number of amides is 1. The predicted octanol–water partition coefficient (Wildman–Crippen LogP) is 4.60. The second kappa shape index (κ2) is 8.68. The van der Waals surface area contributed by atoms with Crippen molar-refractivity contribution in [1.29, 1.82) is 0 Å². The minimum Gasteiger partial charge on any atom is -0.489 e. The number of rotatable bonds is 5. The van der Waals surface area contributed by atoms with Gasteiger partial charge in [-0.1, -0.05) is 55.7 Å². The zero-order chi connectivity index (χ0) is 19.3. The molecule has 2 aliphatic rings. The molecule has 0 aromatic heterocycles. The van der Waals surface area contributed by atoms with Gasteiger partial charge in [-0.15, -0.1) is 0 Å². The van der Waals surface area contributed by atoms with Gasteiger partial charge in [-0.2, -0.15) is 0 Å². The van der Waals surface area contributed by atoms with E-state index in [1.165, 1.54) is 30.4 Å². The van der Waals surface area contributed by atoms with Crippen molar-refractivity contribution in [2.75, 3.05) is 11.5 Å². The van der Waals surface area contributed by atoms with Gasteiger partial charge in [0.15, 0.2) is 0 Å². The lowest BCUT2D eigenvalue weighted by molar-refractivity contribution is -0.122. The van der Waals surface area contributed by atoms with Crippen molar-refractivity contribution in [3.8, 4) is 5.75 Å². The summed E-state index contributed by atoms with van der Waals surface area (Å²) in [6.45, 7) is 3.40. The Balaban J connectivity index is 1.51. The molecular weight excluding hydrogens is 348 g/mol. The van der Waals surface area contributed by atoms with Gasteiger partial charge in [-0.05, 0) is 43.0 Å². The fourth-order valence-electron chi connectivity index (χ4n) is 4.36. The minimum atomic E-state index is 0.0407. The maximum Gasteiger partial charge on any atom is 0.222 e. The molecule has 1 saturated carbocycles. The van der Waals surface area contributed by atoms with Gasteiger partial charge in [0.05, 0.1) is 18.2 Å². The fourth-order valence-corrected chi connectivity index (χ4v) is 4.36. The van der Waals surface area contributed by atoms with Crippen molar-refractivity contribution in [1.82, 2.24) is 5.32 Å². The van der Waals surface area contributed by atoms with Crippen molar-refractivity contribution in [3.05, 3.63) is 59.7 Å². The summed E-state index contributed by atoms with van der Waals surface area (Å²) in [4.78, 5) is 15.1. The Kier molecular flexibility index (Phi) is 5.84. The average molecular weight is 379 g/mol. The lowest BCUT2D eigenvalue weighted by atomic mass is 9.95. The van der Waals surface area contributed by atoms with Crippen molar-refractivity contribution in [2.45, 2.75) is 64.1 Å². The highest BCUT2D eigenvalue weighted by atomic mass is 16.5. The number of benzene rings is 2. The average Bonchev–Trinajstić information content (AvgIpc) is 2.71. The topological polar surface area (TPSA) is 41.6 Å². The van der Waals surface area contributed by atoms with E-state index in [4.69, 9.17) is 4.74 Å². The summed E-state index contributed by atoms with van der Waals surface area (Å²) in [7, 11) is 0. The molecule has 2 aromatic rings. The molecule has 4 heteroatoms. The molecule has 4 rings (SSSR count). The van der Waals surface area contributed by atoms with Crippen LogP contribution in [0.1, 0.15) is 49.7 Å². The molecule has 0 spiro atoms. The molecule has 148 valence electrons. The Labute approximate surface area is 167 Å². The molecule has 1 aliphatic carbocycles. The summed E-state index contributed by atoms with van der Waals surface area (Å²) in [5.41, 5.74) is 3.51. The Morgan fingerprint density at radius 1 is 1.11 bits per heavy atom. The Morgan fingerprint density at radius 2 is 1.89 bits per heavy atom. The first kappa shape index (κ1) is 18.9. The molecule has 0 saturated heterocycles. The second-order valence-electron chi connectivity index (χ2n) is 8.16. The van der Waals surface area contributed by atoms with Crippen LogP contribution in [-0.4, -0.2) is 24.6 Å². The van der Waals surface area contributed by atoms with Crippen LogP contribution in [0, 0.1) is 6.92 Å². The molecular formula is C24H30N2O2. The number of aryl methyl sites for hydroxylation is 1. The van der Waals surface area contributed by atoms with Crippen LogP contribution >= 0.6 is 0 Å². The molecule has 1 fully saturated rings.